The minimum atomic E-state index is 0.273. The average molecular weight is 199 g/mol. The number of hydrogen-bond acceptors (Lipinski definition) is 1. The Hall–Kier alpha value is -0.500. The van der Waals surface area contributed by atoms with Crippen molar-refractivity contribution < 1.29 is 0 Å². The van der Waals surface area contributed by atoms with E-state index in [-0.39, 0.29) is 5.38 Å². The summed E-state index contributed by atoms with van der Waals surface area (Å²) in [4.78, 5) is 0. The van der Waals surface area contributed by atoms with Crippen LogP contribution in [-0.2, 0) is 13.5 Å². The van der Waals surface area contributed by atoms with E-state index < -0.39 is 0 Å². The number of rotatable bonds is 3. The van der Waals surface area contributed by atoms with E-state index in [1.165, 1.54) is 18.5 Å². The van der Waals surface area contributed by atoms with Crippen LogP contribution < -0.4 is 0 Å². The van der Waals surface area contributed by atoms with Gasteiger partial charge >= 0.3 is 0 Å². The van der Waals surface area contributed by atoms with Gasteiger partial charge in [-0.2, -0.15) is 5.10 Å². The van der Waals surface area contributed by atoms with Gasteiger partial charge in [-0.25, -0.2) is 0 Å². The standard InChI is InChI=1S/C10H15ClN2/c1-8(11)10(4-5-10)7-9-3-6-13(2)12-9/h3,6,8H,4-5,7H2,1-2H3. The number of halogens is 1. The van der Waals surface area contributed by atoms with E-state index >= 15 is 0 Å². The molecule has 13 heavy (non-hydrogen) atoms. The number of aryl methyl sites for hydroxylation is 1. The molecule has 1 saturated carbocycles. The quantitative estimate of drug-likeness (QED) is 0.682. The van der Waals surface area contributed by atoms with Crippen molar-refractivity contribution in [3.05, 3.63) is 18.0 Å². The zero-order valence-corrected chi connectivity index (χ0v) is 8.88. The highest BCUT2D eigenvalue weighted by Crippen LogP contribution is 2.52. The fourth-order valence-electron chi connectivity index (χ4n) is 1.79. The van der Waals surface area contributed by atoms with Crippen LogP contribution in [0.25, 0.3) is 0 Å². The highest BCUT2D eigenvalue weighted by atomic mass is 35.5. The van der Waals surface area contributed by atoms with E-state index in [1.807, 2.05) is 17.9 Å². The highest BCUT2D eigenvalue weighted by molar-refractivity contribution is 6.21. The van der Waals surface area contributed by atoms with E-state index in [0.29, 0.717) is 5.41 Å². The highest BCUT2D eigenvalue weighted by Gasteiger charge is 2.46. The Labute approximate surface area is 83.9 Å². The van der Waals surface area contributed by atoms with E-state index in [1.54, 1.807) is 0 Å². The molecule has 2 rings (SSSR count). The summed E-state index contributed by atoms with van der Waals surface area (Å²) in [5.74, 6) is 0. The summed E-state index contributed by atoms with van der Waals surface area (Å²) in [5.41, 5.74) is 1.53. The number of hydrogen-bond donors (Lipinski definition) is 0. The molecule has 0 radical (unpaired) electrons. The molecule has 0 aliphatic heterocycles. The van der Waals surface area contributed by atoms with E-state index in [2.05, 4.69) is 18.1 Å². The van der Waals surface area contributed by atoms with Crippen LogP contribution in [0.1, 0.15) is 25.5 Å². The summed E-state index contributed by atoms with van der Waals surface area (Å²) in [6, 6.07) is 2.08. The van der Waals surface area contributed by atoms with Gasteiger partial charge in [0.25, 0.3) is 0 Å². The molecule has 1 aromatic heterocycles. The van der Waals surface area contributed by atoms with Crippen LogP contribution in [0.15, 0.2) is 12.3 Å². The summed E-state index contributed by atoms with van der Waals surface area (Å²) in [7, 11) is 1.95. The smallest absolute Gasteiger partial charge is 0.0630 e. The molecule has 0 bridgehead atoms. The molecule has 0 N–H and O–H groups in total. The third kappa shape index (κ3) is 1.73. The maximum atomic E-state index is 6.15. The first-order valence-corrected chi connectivity index (χ1v) is 5.19. The molecule has 1 fully saturated rings. The van der Waals surface area contributed by atoms with Gasteiger partial charge in [0.1, 0.15) is 0 Å². The van der Waals surface area contributed by atoms with Gasteiger partial charge in [-0.3, -0.25) is 4.68 Å². The van der Waals surface area contributed by atoms with Crippen molar-refractivity contribution >= 4 is 11.6 Å². The Morgan fingerprint density at radius 3 is 2.77 bits per heavy atom. The Bertz CT molecular complexity index is 300. The predicted octanol–water partition coefficient (Wildman–Crippen LogP) is 2.37. The lowest BCUT2D eigenvalue weighted by molar-refractivity contribution is 0.486. The molecule has 0 aromatic carbocycles. The van der Waals surface area contributed by atoms with Gasteiger partial charge in [0.2, 0.25) is 0 Å². The van der Waals surface area contributed by atoms with Crippen LogP contribution in [0, 0.1) is 5.41 Å². The van der Waals surface area contributed by atoms with E-state index in [4.69, 9.17) is 11.6 Å². The number of nitrogens with zero attached hydrogens (tertiary/aromatic N) is 2. The summed E-state index contributed by atoms with van der Waals surface area (Å²) in [6.07, 6.45) is 5.55. The van der Waals surface area contributed by atoms with Gasteiger partial charge in [-0.15, -0.1) is 11.6 Å². The molecule has 1 heterocycles. The second-order valence-corrected chi connectivity index (χ2v) is 4.79. The first-order chi connectivity index (χ1) is 6.12. The van der Waals surface area contributed by atoms with Crippen molar-refractivity contribution in [1.82, 2.24) is 9.78 Å². The van der Waals surface area contributed by atoms with Gasteiger partial charge < -0.3 is 0 Å². The summed E-state index contributed by atoms with van der Waals surface area (Å²) >= 11 is 6.15. The molecule has 3 heteroatoms. The first kappa shape index (κ1) is 9.07. The molecule has 72 valence electrons. The van der Waals surface area contributed by atoms with Crippen LogP contribution in [0.3, 0.4) is 0 Å². The van der Waals surface area contributed by atoms with Crippen LogP contribution in [-0.4, -0.2) is 15.2 Å². The number of aromatic nitrogens is 2. The van der Waals surface area contributed by atoms with Gasteiger partial charge in [0, 0.05) is 18.6 Å². The molecule has 0 spiro atoms. The first-order valence-electron chi connectivity index (χ1n) is 4.75. The average Bonchev–Trinajstić information content (AvgIpc) is 2.72. The molecule has 1 unspecified atom stereocenters. The molecule has 0 saturated heterocycles. The van der Waals surface area contributed by atoms with E-state index in [0.717, 1.165) is 6.42 Å². The molecule has 1 aromatic rings. The van der Waals surface area contributed by atoms with Gasteiger partial charge in [-0.05, 0) is 37.7 Å². The van der Waals surface area contributed by atoms with Crippen molar-refractivity contribution in [2.45, 2.75) is 31.6 Å². The second kappa shape index (κ2) is 3.02. The second-order valence-electron chi connectivity index (χ2n) is 4.14. The van der Waals surface area contributed by atoms with Crippen LogP contribution >= 0.6 is 11.6 Å². The fraction of sp³-hybridized carbons (Fsp3) is 0.700. The lowest BCUT2D eigenvalue weighted by Gasteiger charge is -2.15. The largest absolute Gasteiger partial charge is 0.276 e. The maximum absolute atomic E-state index is 6.15. The van der Waals surface area contributed by atoms with Crippen LogP contribution in [0.5, 0.6) is 0 Å². The lowest BCUT2D eigenvalue weighted by Crippen LogP contribution is -2.16. The molecule has 1 aliphatic carbocycles. The Kier molecular flexibility index (Phi) is 2.11. The maximum Gasteiger partial charge on any atom is 0.0630 e. The van der Waals surface area contributed by atoms with E-state index in [9.17, 15) is 0 Å². The fourth-order valence-corrected chi connectivity index (χ4v) is 2.09. The zero-order valence-electron chi connectivity index (χ0n) is 8.13. The lowest BCUT2D eigenvalue weighted by atomic mass is 9.97. The van der Waals surface area contributed by atoms with Gasteiger partial charge in [0.15, 0.2) is 0 Å². The third-order valence-corrected chi connectivity index (χ3v) is 3.50. The van der Waals surface area contributed by atoms with Crippen molar-refractivity contribution in [2.75, 3.05) is 0 Å². The predicted molar refractivity (Wildman–Crippen MR) is 53.9 cm³/mol. The third-order valence-electron chi connectivity index (χ3n) is 3.04. The van der Waals surface area contributed by atoms with Crippen molar-refractivity contribution in [3.63, 3.8) is 0 Å². The SMILES string of the molecule is CC(Cl)C1(Cc2ccn(C)n2)CC1. The monoisotopic (exact) mass is 198 g/mol. The summed E-state index contributed by atoms with van der Waals surface area (Å²) in [6.45, 7) is 2.09. The van der Waals surface area contributed by atoms with Crippen molar-refractivity contribution in [3.8, 4) is 0 Å². The topological polar surface area (TPSA) is 17.8 Å². The molecule has 1 aliphatic rings. The number of alkyl halides is 1. The van der Waals surface area contributed by atoms with Gasteiger partial charge in [0.05, 0.1) is 5.69 Å². The van der Waals surface area contributed by atoms with Gasteiger partial charge in [-0.1, -0.05) is 0 Å². The molecule has 0 amide bonds. The van der Waals surface area contributed by atoms with Crippen molar-refractivity contribution in [2.24, 2.45) is 12.5 Å². The summed E-state index contributed by atoms with van der Waals surface area (Å²) < 4.78 is 1.85. The normalized spacial score (nSPS) is 21.5. The zero-order chi connectivity index (χ0) is 9.47. The minimum Gasteiger partial charge on any atom is -0.276 e. The minimum absolute atomic E-state index is 0.273. The molecular formula is C10H15ClN2. The Balaban J connectivity index is 2.06. The van der Waals surface area contributed by atoms with Crippen molar-refractivity contribution in [1.29, 1.82) is 0 Å². The van der Waals surface area contributed by atoms with Crippen LogP contribution in [0.2, 0.25) is 0 Å². The Morgan fingerprint density at radius 1 is 1.69 bits per heavy atom. The Morgan fingerprint density at radius 2 is 2.38 bits per heavy atom. The van der Waals surface area contributed by atoms with Crippen LogP contribution in [0.4, 0.5) is 0 Å². The summed E-state index contributed by atoms with van der Waals surface area (Å²) in [5, 5.41) is 4.65. The molecular weight excluding hydrogens is 184 g/mol. The molecule has 1 atom stereocenters. The molecule has 2 nitrogen and oxygen atoms in total.